The summed E-state index contributed by atoms with van der Waals surface area (Å²) in [5.41, 5.74) is 10.9. The molecule has 1 amide bonds. The van der Waals surface area contributed by atoms with Crippen LogP contribution in [0.25, 0.3) is 22.3 Å². The van der Waals surface area contributed by atoms with Crippen LogP contribution in [0.5, 0.6) is 5.75 Å². The zero-order valence-corrected chi connectivity index (χ0v) is 21.8. The van der Waals surface area contributed by atoms with E-state index in [4.69, 9.17) is 15.5 Å². The molecule has 4 aromatic rings. The normalized spacial score (nSPS) is 11.1. The Labute approximate surface area is 216 Å². The number of anilines is 5. The zero-order chi connectivity index (χ0) is 26.5. The average Bonchev–Trinajstić information content (AvgIpc) is 3.32. The summed E-state index contributed by atoms with van der Waals surface area (Å²) in [6.45, 7) is 3.48. The number of ether oxygens (including phenoxy) is 1. The quantitative estimate of drug-likeness (QED) is 0.239. The third kappa shape index (κ3) is 5.72. The van der Waals surface area contributed by atoms with E-state index in [9.17, 15) is 4.79 Å². The summed E-state index contributed by atoms with van der Waals surface area (Å²) >= 11 is 0. The van der Waals surface area contributed by atoms with Crippen molar-refractivity contribution in [3.63, 3.8) is 0 Å². The van der Waals surface area contributed by atoms with Crippen LogP contribution in [-0.2, 0) is 4.79 Å². The predicted octanol–water partition coefficient (Wildman–Crippen LogP) is 3.70. The minimum atomic E-state index is -0.145. The summed E-state index contributed by atoms with van der Waals surface area (Å²) < 4.78 is 5.65. The Hall–Kier alpha value is -4.38. The number of hydrogen-bond donors (Lipinski definition) is 4. The Morgan fingerprint density at radius 1 is 1.11 bits per heavy atom. The van der Waals surface area contributed by atoms with Crippen molar-refractivity contribution >= 4 is 45.5 Å². The van der Waals surface area contributed by atoms with E-state index < -0.39 is 0 Å². The second-order valence-corrected chi connectivity index (χ2v) is 8.94. The summed E-state index contributed by atoms with van der Waals surface area (Å²) in [7, 11) is 7.66. The Bertz CT molecular complexity index is 1400. The molecule has 4 rings (SSSR count). The number of H-pyrrole nitrogens is 1. The number of nitrogens with two attached hydrogens (primary N) is 1. The topological polar surface area (TPSA) is 137 Å². The maximum Gasteiger partial charge on any atom is 0.228 e. The maximum atomic E-state index is 12.2. The van der Waals surface area contributed by atoms with Crippen molar-refractivity contribution in [2.24, 2.45) is 0 Å². The van der Waals surface area contributed by atoms with Crippen LogP contribution in [0.1, 0.15) is 13.3 Å². The third-order valence-corrected chi connectivity index (χ3v) is 5.97. The van der Waals surface area contributed by atoms with E-state index in [0.717, 1.165) is 29.7 Å². The number of fused-ring (bicyclic) bond motifs is 1. The fourth-order valence-corrected chi connectivity index (χ4v) is 3.87. The van der Waals surface area contributed by atoms with Gasteiger partial charge in [-0.1, -0.05) is 25.1 Å². The number of carbonyl (C=O) groups excluding carboxylic acids is 1. The molecule has 0 unspecified atom stereocenters. The number of likely N-dealkylation sites (N-methyl/N-ethyl adjacent to an activating group) is 2. The third-order valence-electron chi connectivity index (χ3n) is 5.97. The van der Waals surface area contributed by atoms with Gasteiger partial charge in [0.05, 0.1) is 41.6 Å². The molecule has 11 nitrogen and oxygen atoms in total. The molecule has 0 aliphatic rings. The van der Waals surface area contributed by atoms with Crippen LogP contribution >= 0.6 is 0 Å². The summed E-state index contributed by atoms with van der Waals surface area (Å²) in [5.74, 6) is 0.761. The van der Waals surface area contributed by atoms with Gasteiger partial charge in [-0.25, -0.2) is 9.97 Å². The van der Waals surface area contributed by atoms with Gasteiger partial charge in [-0.2, -0.15) is 5.10 Å². The number of methoxy groups -OCH3 is 1. The summed E-state index contributed by atoms with van der Waals surface area (Å²) in [4.78, 5) is 25.6. The van der Waals surface area contributed by atoms with Crippen molar-refractivity contribution in [3.05, 3.63) is 42.6 Å². The Balaban J connectivity index is 1.71. The van der Waals surface area contributed by atoms with E-state index in [1.807, 2.05) is 51.5 Å². The number of para-hydroxylation sites is 1. The highest BCUT2D eigenvalue weighted by atomic mass is 16.5. The van der Waals surface area contributed by atoms with E-state index in [1.54, 1.807) is 26.3 Å². The zero-order valence-electron chi connectivity index (χ0n) is 21.8. The number of amides is 1. The molecular weight excluding hydrogens is 470 g/mol. The minimum Gasteiger partial charge on any atom is -0.494 e. The minimum absolute atomic E-state index is 0.145. The van der Waals surface area contributed by atoms with E-state index >= 15 is 0 Å². The SMILES string of the molecule is CCC(=O)Nc1cnc(Nc2cc(N)c(N(C)CCN(C)C)cc2OC)nc1-c1n[nH]c2ccccc12. The molecule has 0 radical (unpaired) electrons. The number of aromatic nitrogens is 4. The number of nitrogens with one attached hydrogen (secondary N) is 3. The molecule has 11 heteroatoms. The van der Waals surface area contributed by atoms with Crippen LogP contribution in [0.15, 0.2) is 42.6 Å². The second-order valence-electron chi connectivity index (χ2n) is 8.94. The largest absolute Gasteiger partial charge is 0.494 e. The lowest BCUT2D eigenvalue weighted by molar-refractivity contribution is -0.115. The molecule has 0 atom stereocenters. The first-order chi connectivity index (χ1) is 17.8. The molecule has 0 aliphatic carbocycles. The number of nitrogens with zero attached hydrogens (tertiary/aromatic N) is 5. The number of carbonyl (C=O) groups is 1. The summed E-state index contributed by atoms with van der Waals surface area (Å²) in [6.07, 6.45) is 1.90. The lowest BCUT2D eigenvalue weighted by atomic mass is 10.1. The molecule has 5 N–H and O–H groups in total. The Kier molecular flexibility index (Phi) is 7.73. The molecule has 0 spiro atoms. The number of aromatic amines is 1. The summed E-state index contributed by atoms with van der Waals surface area (Å²) in [5, 5.41) is 14.5. The van der Waals surface area contributed by atoms with Gasteiger partial charge >= 0.3 is 0 Å². The van der Waals surface area contributed by atoms with Crippen molar-refractivity contribution in [1.82, 2.24) is 25.1 Å². The molecule has 0 saturated heterocycles. The number of nitrogen functional groups attached to an aromatic ring is 1. The van der Waals surface area contributed by atoms with Crippen molar-refractivity contribution in [2.75, 3.05) is 62.6 Å². The van der Waals surface area contributed by atoms with Gasteiger partial charge in [-0.05, 0) is 26.2 Å². The van der Waals surface area contributed by atoms with Gasteiger partial charge in [-0.15, -0.1) is 0 Å². The summed E-state index contributed by atoms with van der Waals surface area (Å²) in [6, 6.07) is 11.4. The van der Waals surface area contributed by atoms with E-state index in [2.05, 4.69) is 35.6 Å². The fraction of sp³-hybridized carbons (Fsp3) is 0.308. The number of hydrogen-bond acceptors (Lipinski definition) is 9. The lowest BCUT2D eigenvalue weighted by Gasteiger charge is -2.24. The highest BCUT2D eigenvalue weighted by molar-refractivity contribution is 5.99. The highest BCUT2D eigenvalue weighted by Crippen LogP contribution is 2.37. The lowest BCUT2D eigenvalue weighted by Crippen LogP contribution is -2.29. The molecule has 0 fully saturated rings. The second kappa shape index (κ2) is 11.1. The van der Waals surface area contributed by atoms with Gasteiger partial charge in [0, 0.05) is 38.0 Å². The van der Waals surface area contributed by atoms with Crippen LogP contribution in [0.3, 0.4) is 0 Å². The first-order valence-electron chi connectivity index (χ1n) is 12.0. The monoisotopic (exact) mass is 503 g/mol. The van der Waals surface area contributed by atoms with E-state index in [-0.39, 0.29) is 5.91 Å². The van der Waals surface area contributed by atoms with Crippen molar-refractivity contribution in [2.45, 2.75) is 13.3 Å². The van der Waals surface area contributed by atoms with Crippen molar-refractivity contribution in [3.8, 4) is 17.1 Å². The standard InChI is InChI=1S/C26H33N9O2/c1-6-23(36)29-20-15-28-26(31-25(20)24-16-9-7-8-10-18(16)32-33-24)30-19-13-17(27)21(14-22(19)37-5)35(4)12-11-34(2)3/h7-10,13-15H,6,11-12,27H2,1-5H3,(H,29,36)(H,32,33)(H,28,30,31). The van der Waals surface area contributed by atoms with E-state index in [1.165, 1.54) is 0 Å². The van der Waals surface area contributed by atoms with Crippen LogP contribution in [0.4, 0.5) is 28.7 Å². The highest BCUT2D eigenvalue weighted by Gasteiger charge is 2.19. The fourth-order valence-electron chi connectivity index (χ4n) is 3.87. The van der Waals surface area contributed by atoms with Gasteiger partial charge < -0.3 is 30.9 Å². The Morgan fingerprint density at radius 2 is 1.89 bits per heavy atom. The van der Waals surface area contributed by atoms with Gasteiger partial charge in [-0.3, -0.25) is 9.89 Å². The van der Waals surface area contributed by atoms with Gasteiger partial charge in [0.25, 0.3) is 0 Å². The van der Waals surface area contributed by atoms with Gasteiger partial charge in [0.15, 0.2) is 0 Å². The predicted molar refractivity (Wildman–Crippen MR) is 149 cm³/mol. The molecule has 2 aromatic heterocycles. The maximum absolute atomic E-state index is 12.2. The Morgan fingerprint density at radius 3 is 2.62 bits per heavy atom. The van der Waals surface area contributed by atoms with Crippen molar-refractivity contribution < 1.29 is 9.53 Å². The van der Waals surface area contributed by atoms with Crippen LogP contribution in [0, 0.1) is 0 Å². The molecule has 2 heterocycles. The van der Waals surface area contributed by atoms with Crippen molar-refractivity contribution in [1.29, 1.82) is 0 Å². The molecule has 194 valence electrons. The molecule has 0 saturated carbocycles. The molecular formula is C26H33N9O2. The number of benzene rings is 2. The van der Waals surface area contributed by atoms with E-state index in [0.29, 0.717) is 46.6 Å². The first kappa shape index (κ1) is 25.7. The average molecular weight is 504 g/mol. The van der Waals surface area contributed by atoms with Gasteiger partial charge in [0.1, 0.15) is 17.1 Å². The van der Waals surface area contributed by atoms with Crippen LogP contribution < -0.4 is 26.0 Å². The van der Waals surface area contributed by atoms with Crippen LogP contribution in [-0.4, -0.2) is 72.3 Å². The van der Waals surface area contributed by atoms with Gasteiger partial charge in [0.2, 0.25) is 11.9 Å². The molecule has 2 aromatic carbocycles. The first-order valence-corrected chi connectivity index (χ1v) is 12.0. The molecule has 0 bridgehead atoms. The van der Waals surface area contributed by atoms with Crippen LogP contribution in [0.2, 0.25) is 0 Å². The smallest absolute Gasteiger partial charge is 0.228 e. The molecule has 37 heavy (non-hydrogen) atoms. The molecule has 0 aliphatic heterocycles. The number of rotatable bonds is 10.